The molecular formula is C11H17N9O. The number of nitrogens with one attached hydrogen (secondary N) is 2. The predicted molar refractivity (Wildman–Crippen MR) is 75.7 cm³/mol. The van der Waals surface area contributed by atoms with Crippen LogP contribution in [0.25, 0.3) is 5.95 Å². The van der Waals surface area contributed by atoms with Crippen LogP contribution >= 0.6 is 0 Å². The molecule has 10 heteroatoms. The van der Waals surface area contributed by atoms with Gasteiger partial charge in [-0.1, -0.05) is 13.8 Å². The Balaban J connectivity index is 2.35. The van der Waals surface area contributed by atoms with Crippen LogP contribution in [0, 0.1) is 5.92 Å². The highest BCUT2D eigenvalue weighted by atomic mass is 16.1. The summed E-state index contributed by atoms with van der Waals surface area (Å²) >= 11 is 0. The number of primary amides is 1. The number of hydrogen-bond acceptors (Lipinski definition) is 8. The van der Waals surface area contributed by atoms with E-state index in [1.807, 2.05) is 13.8 Å². The van der Waals surface area contributed by atoms with E-state index in [1.54, 1.807) is 7.05 Å². The molecule has 0 aliphatic carbocycles. The number of anilines is 2. The molecular weight excluding hydrogens is 274 g/mol. The molecule has 1 unspecified atom stereocenters. The van der Waals surface area contributed by atoms with Crippen molar-refractivity contribution in [2.24, 2.45) is 11.7 Å². The minimum Gasteiger partial charge on any atom is -0.368 e. The van der Waals surface area contributed by atoms with E-state index in [0.29, 0.717) is 5.95 Å². The molecule has 2 heterocycles. The van der Waals surface area contributed by atoms with Crippen molar-refractivity contribution in [3.8, 4) is 5.95 Å². The van der Waals surface area contributed by atoms with Crippen molar-refractivity contribution in [2.75, 3.05) is 17.7 Å². The lowest BCUT2D eigenvalue weighted by atomic mass is 10.0. The standard InChI is InChI=1S/C11H17N9O/c1-6(2)7(8(12)21)16-10-17-9(13-3)18-11(19-10)20-5-14-4-15-20/h4-7H,1-3H3,(H2,12,21)(H2,13,16,17,18,19). The molecule has 1 atom stereocenters. The molecule has 0 spiro atoms. The van der Waals surface area contributed by atoms with E-state index in [9.17, 15) is 4.79 Å². The van der Waals surface area contributed by atoms with Crippen molar-refractivity contribution in [1.29, 1.82) is 0 Å². The Kier molecular flexibility index (Phi) is 4.26. The normalized spacial score (nSPS) is 12.2. The summed E-state index contributed by atoms with van der Waals surface area (Å²) in [5, 5.41) is 9.70. The Bertz CT molecular complexity index is 610. The van der Waals surface area contributed by atoms with Gasteiger partial charge in [-0.2, -0.15) is 24.7 Å². The van der Waals surface area contributed by atoms with Crippen LogP contribution in [0.3, 0.4) is 0 Å². The van der Waals surface area contributed by atoms with Gasteiger partial charge in [0.1, 0.15) is 18.7 Å². The largest absolute Gasteiger partial charge is 0.368 e. The Morgan fingerprint density at radius 1 is 1.29 bits per heavy atom. The van der Waals surface area contributed by atoms with E-state index in [-0.39, 0.29) is 17.8 Å². The third-order valence-electron chi connectivity index (χ3n) is 2.73. The molecule has 0 fully saturated rings. The minimum atomic E-state index is -0.583. The highest BCUT2D eigenvalue weighted by molar-refractivity contribution is 5.82. The van der Waals surface area contributed by atoms with E-state index >= 15 is 0 Å². The lowest BCUT2D eigenvalue weighted by Gasteiger charge is -2.19. The van der Waals surface area contributed by atoms with E-state index in [2.05, 4.69) is 35.7 Å². The predicted octanol–water partition coefficient (Wildman–Crippen LogP) is -0.584. The molecule has 0 saturated carbocycles. The highest BCUT2D eigenvalue weighted by Crippen LogP contribution is 2.12. The van der Waals surface area contributed by atoms with Crippen molar-refractivity contribution in [3.63, 3.8) is 0 Å². The maximum Gasteiger partial charge on any atom is 0.258 e. The van der Waals surface area contributed by atoms with Crippen molar-refractivity contribution < 1.29 is 4.79 Å². The van der Waals surface area contributed by atoms with Gasteiger partial charge >= 0.3 is 0 Å². The fourth-order valence-corrected chi connectivity index (χ4v) is 1.66. The first-order valence-electron chi connectivity index (χ1n) is 6.36. The summed E-state index contributed by atoms with van der Waals surface area (Å²) in [6.07, 6.45) is 2.84. The Labute approximate surface area is 121 Å². The molecule has 0 aliphatic rings. The molecule has 21 heavy (non-hydrogen) atoms. The zero-order valence-electron chi connectivity index (χ0n) is 12.0. The average Bonchev–Trinajstić information content (AvgIpc) is 2.98. The molecule has 0 bridgehead atoms. The molecule has 112 valence electrons. The van der Waals surface area contributed by atoms with Gasteiger partial charge in [0.2, 0.25) is 17.8 Å². The van der Waals surface area contributed by atoms with Gasteiger partial charge < -0.3 is 16.4 Å². The fourth-order valence-electron chi connectivity index (χ4n) is 1.66. The summed E-state index contributed by atoms with van der Waals surface area (Å²) in [5.41, 5.74) is 5.37. The molecule has 4 N–H and O–H groups in total. The van der Waals surface area contributed by atoms with Gasteiger partial charge in [0.05, 0.1) is 0 Å². The van der Waals surface area contributed by atoms with Crippen LogP contribution in [0.15, 0.2) is 12.7 Å². The molecule has 0 radical (unpaired) electrons. The highest BCUT2D eigenvalue weighted by Gasteiger charge is 2.21. The topological polar surface area (TPSA) is 137 Å². The maximum atomic E-state index is 11.5. The van der Waals surface area contributed by atoms with E-state index in [1.165, 1.54) is 17.3 Å². The van der Waals surface area contributed by atoms with Crippen molar-refractivity contribution >= 4 is 17.8 Å². The van der Waals surface area contributed by atoms with Crippen molar-refractivity contribution in [3.05, 3.63) is 12.7 Å². The lowest BCUT2D eigenvalue weighted by Crippen LogP contribution is -2.40. The number of carbonyl (C=O) groups excluding carboxylic acids is 1. The zero-order valence-corrected chi connectivity index (χ0v) is 12.0. The smallest absolute Gasteiger partial charge is 0.258 e. The fraction of sp³-hybridized carbons (Fsp3) is 0.455. The van der Waals surface area contributed by atoms with E-state index in [4.69, 9.17) is 5.73 Å². The third-order valence-corrected chi connectivity index (χ3v) is 2.73. The zero-order chi connectivity index (χ0) is 15.4. The third kappa shape index (κ3) is 3.41. The van der Waals surface area contributed by atoms with Gasteiger partial charge in [-0.3, -0.25) is 4.79 Å². The van der Waals surface area contributed by atoms with E-state index < -0.39 is 11.9 Å². The monoisotopic (exact) mass is 291 g/mol. The minimum absolute atomic E-state index is 0.00730. The number of nitrogens with zero attached hydrogens (tertiary/aromatic N) is 6. The van der Waals surface area contributed by atoms with Crippen LogP contribution in [0.2, 0.25) is 0 Å². The Hall–Kier alpha value is -2.78. The van der Waals surface area contributed by atoms with Crippen LogP contribution in [-0.2, 0) is 4.79 Å². The number of rotatable bonds is 6. The van der Waals surface area contributed by atoms with Gasteiger partial charge in [-0.05, 0) is 5.92 Å². The van der Waals surface area contributed by atoms with Gasteiger partial charge in [0.15, 0.2) is 0 Å². The molecule has 0 aliphatic heterocycles. The van der Waals surface area contributed by atoms with Gasteiger partial charge in [0.25, 0.3) is 5.95 Å². The quantitative estimate of drug-likeness (QED) is 0.642. The molecule has 0 aromatic carbocycles. The lowest BCUT2D eigenvalue weighted by molar-refractivity contribution is -0.119. The van der Waals surface area contributed by atoms with Crippen molar-refractivity contribution in [1.82, 2.24) is 29.7 Å². The first kappa shape index (κ1) is 14.6. The summed E-state index contributed by atoms with van der Waals surface area (Å²) in [6.45, 7) is 3.75. The Morgan fingerprint density at radius 2 is 2.00 bits per heavy atom. The van der Waals surface area contributed by atoms with Crippen LogP contribution in [0.1, 0.15) is 13.8 Å². The summed E-state index contributed by atoms with van der Waals surface area (Å²) in [5.74, 6) is 0.370. The SMILES string of the molecule is CNc1nc(NC(C(N)=O)C(C)C)nc(-n2cncn2)n1. The second-order valence-electron chi connectivity index (χ2n) is 4.64. The van der Waals surface area contributed by atoms with E-state index in [0.717, 1.165) is 0 Å². The van der Waals surface area contributed by atoms with Gasteiger partial charge in [-0.15, -0.1) is 0 Å². The average molecular weight is 291 g/mol. The first-order chi connectivity index (χ1) is 10.0. The first-order valence-corrected chi connectivity index (χ1v) is 6.36. The number of nitrogens with two attached hydrogens (primary N) is 1. The van der Waals surface area contributed by atoms with Crippen LogP contribution in [0.5, 0.6) is 0 Å². The summed E-state index contributed by atoms with van der Waals surface area (Å²) in [6, 6.07) is -0.583. The number of hydrogen-bond donors (Lipinski definition) is 3. The van der Waals surface area contributed by atoms with Crippen LogP contribution in [-0.4, -0.2) is 48.7 Å². The second-order valence-corrected chi connectivity index (χ2v) is 4.64. The summed E-state index contributed by atoms with van der Waals surface area (Å²) in [7, 11) is 1.68. The van der Waals surface area contributed by atoms with Gasteiger partial charge in [0, 0.05) is 7.05 Å². The van der Waals surface area contributed by atoms with Crippen LogP contribution < -0.4 is 16.4 Å². The molecule has 10 nitrogen and oxygen atoms in total. The number of aromatic nitrogens is 6. The second kappa shape index (κ2) is 6.11. The van der Waals surface area contributed by atoms with Crippen molar-refractivity contribution in [2.45, 2.75) is 19.9 Å². The molecule has 2 aromatic rings. The summed E-state index contributed by atoms with van der Waals surface area (Å²) in [4.78, 5) is 27.8. The summed E-state index contributed by atoms with van der Waals surface area (Å²) < 4.78 is 1.39. The maximum absolute atomic E-state index is 11.5. The Morgan fingerprint density at radius 3 is 2.52 bits per heavy atom. The molecule has 2 rings (SSSR count). The van der Waals surface area contributed by atoms with Gasteiger partial charge in [-0.25, -0.2) is 4.98 Å². The molecule has 0 saturated heterocycles. The molecule has 2 aromatic heterocycles. The molecule has 1 amide bonds. The van der Waals surface area contributed by atoms with Crippen LogP contribution in [0.4, 0.5) is 11.9 Å². The number of amides is 1. The number of carbonyl (C=O) groups is 1.